The van der Waals surface area contributed by atoms with E-state index in [2.05, 4.69) is 32.3 Å². The topological polar surface area (TPSA) is 61.4 Å². The molecule has 7 heteroatoms. The highest BCUT2D eigenvalue weighted by Gasteiger charge is 2.38. The van der Waals surface area contributed by atoms with Gasteiger partial charge < -0.3 is 15.1 Å². The van der Waals surface area contributed by atoms with Gasteiger partial charge in [0.25, 0.3) is 5.91 Å². The molecule has 2 aromatic heterocycles. The number of likely N-dealkylation sites (N-methyl/N-ethyl adjacent to an activating group) is 1. The molecule has 1 amide bonds. The van der Waals surface area contributed by atoms with Crippen molar-refractivity contribution in [1.82, 2.24) is 19.8 Å². The van der Waals surface area contributed by atoms with E-state index in [0.717, 1.165) is 52.5 Å². The van der Waals surface area contributed by atoms with Crippen LogP contribution in [0.4, 0.5) is 5.82 Å². The summed E-state index contributed by atoms with van der Waals surface area (Å²) < 4.78 is 0. The van der Waals surface area contributed by atoms with Crippen LogP contribution in [0.15, 0.2) is 18.5 Å². The number of aromatic nitrogens is 2. The van der Waals surface area contributed by atoms with Crippen molar-refractivity contribution in [1.29, 1.82) is 0 Å². The Labute approximate surface area is 151 Å². The zero-order chi connectivity index (χ0) is 17.6. The Hall–Kier alpha value is -1.99. The van der Waals surface area contributed by atoms with E-state index >= 15 is 0 Å². The average Bonchev–Trinajstić information content (AvgIpc) is 3.29. The fourth-order valence-electron chi connectivity index (χ4n) is 3.68. The Balaban J connectivity index is 1.63. The molecule has 0 saturated carbocycles. The molecule has 25 heavy (non-hydrogen) atoms. The number of aryl methyl sites for hydroxylation is 1. The van der Waals surface area contributed by atoms with E-state index in [1.807, 2.05) is 25.9 Å². The smallest absolute Gasteiger partial charge is 0.264 e. The highest BCUT2D eigenvalue weighted by atomic mass is 32.1. The third kappa shape index (κ3) is 2.91. The van der Waals surface area contributed by atoms with E-state index < -0.39 is 0 Å². The molecule has 3 heterocycles. The van der Waals surface area contributed by atoms with Crippen LogP contribution >= 0.6 is 11.3 Å². The molecule has 132 valence electrons. The Morgan fingerprint density at radius 1 is 1.40 bits per heavy atom. The normalized spacial score (nSPS) is 21.7. The summed E-state index contributed by atoms with van der Waals surface area (Å²) in [4.78, 5) is 27.7. The maximum Gasteiger partial charge on any atom is 0.264 e. The summed E-state index contributed by atoms with van der Waals surface area (Å²) in [7, 11) is 4.09. The number of nitrogens with one attached hydrogen (secondary N) is 1. The molecule has 2 aromatic rings. The van der Waals surface area contributed by atoms with Gasteiger partial charge >= 0.3 is 0 Å². The number of anilines is 1. The second kappa shape index (κ2) is 6.38. The fourth-order valence-corrected chi connectivity index (χ4v) is 4.78. The lowest BCUT2D eigenvalue weighted by Crippen LogP contribution is -2.35. The van der Waals surface area contributed by atoms with Gasteiger partial charge in [-0.3, -0.25) is 4.79 Å². The number of nitrogens with zero attached hydrogens (tertiary/aromatic N) is 4. The number of hydrogen-bond acceptors (Lipinski definition) is 6. The molecule has 4 rings (SSSR count). The van der Waals surface area contributed by atoms with Crippen molar-refractivity contribution < 1.29 is 4.79 Å². The van der Waals surface area contributed by atoms with Gasteiger partial charge in [-0.15, -0.1) is 11.3 Å². The lowest BCUT2D eigenvalue weighted by atomic mass is 10.1. The van der Waals surface area contributed by atoms with E-state index in [-0.39, 0.29) is 11.9 Å². The van der Waals surface area contributed by atoms with Gasteiger partial charge in [-0.1, -0.05) is 12.2 Å². The molecular formula is C18H23N5OS. The maximum absolute atomic E-state index is 13.1. The van der Waals surface area contributed by atoms with Gasteiger partial charge in [0.1, 0.15) is 17.0 Å². The van der Waals surface area contributed by atoms with Crippen molar-refractivity contribution in [3.63, 3.8) is 0 Å². The third-order valence-electron chi connectivity index (χ3n) is 5.01. The zero-order valence-electron chi connectivity index (χ0n) is 14.8. The Kier molecular flexibility index (Phi) is 4.21. The van der Waals surface area contributed by atoms with Gasteiger partial charge in [-0.05, 0) is 38.9 Å². The van der Waals surface area contributed by atoms with Crippen molar-refractivity contribution in [3.05, 3.63) is 28.9 Å². The molecule has 1 N–H and O–H groups in total. The van der Waals surface area contributed by atoms with E-state index in [1.54, 1.807) is 6.33 Å². The highest BCUT2D eigenvalue weighted by Crippen LogP contribution is 2.37. The van der Waals surface area contributed by atoms with Crippen molar-refractivity contribution >= 4 is 33.3 Å². The molecule has 1 fully saturated rings. The predicted octanol–water partition coefficient (Wildman–Crippen LogP) is 2.37. The first-order valence-electron chi connectivity index (χ1n) is 8.66. The molecule has 2 aliphatic rings. The largest absolute Gasteiger partial charge is 0.368 e. The third-order valence-corrected chi connectivity index (χ3v) is 6.20. The summed E-state index contributed by atoms with van der Waals surface area (Å²) in [5, 5.41) is 4.37. The molecule has 2 bridgehead atoms. The molecule has 0 radical (unpaired) electrons. The molecule has 0 unspecified atom stereocenters. The average molecular weight is 357 g/mol. The summed E-state index contributed by atoms with van der Waals surface area (Å²) >= 11 is 1.48. The lowest BCUT2D eigenvalue weighted by molar-refractivity contribution is 0.0758. The highest BCUT2D eigenvalue weighted by molar-refractivity contribution is 7.20. The Morgan fingerprint density at radius 3 is 2.92 bits per heavy atom. The van der Waals surface area contributed by atoms with Crippen LogP contribution in [0, 0.1) is 12.8 Å². The molecule has 2 atom stereocenters. The zero-order valence-corrected chi connectivity index (χ0v) is 15.6. The van der Waals surface area contributed by atoms with E-state index in [9.17, 15) is 4.79 Å². The summed E-state index contributed by atoms with van der Waals surface area (Å²) in [6, 6.07) is 0.269. The van der Waals surface area contributed by atoms with Gasteiger partial charge in [-0.2, -0.15) is 0 Å². The first-order valence-corrected chi connectivity index (χ1v) is 9.48. The maximum atomic E-state index is 13.1. The van der Waals surface area contributed by atoms with E-state index in [1.165, 1.54) is 11.3 Å². The Morgan fingerprint density at radius 2 is 2.24 bits per heavy atom. The van der Waals surface area contributed by atoms with Crippen molar-refractivity contribution in [2.24, 2.45) is 5.92 Å². The quantitative estimate of drug-likeness (QED) is 0.833. The van der Waals surface area contributed by atoms with Gasteiger partial charge in [0.15, 0.2) is 0 Å². The lowest BCUT2D eigenvalue weighted by Gasteiger charge is -2.23. The van der Waals surface area contributed by atoms with Crippen molar-refractivity contribution in [3.8, 4) is 0 Å². The number of amides is 1. The monoisotopic (exact) mass is 357 g/mol. The summed E-state index contributed by atoms with van der Waals surface area (Å²) in [5.74, 6) is 1.49. The molecule has 1 aliphatic carbocycles. The second-order valence-electron chi connectivity index (χ2n) is 7.09. The summed E-state index contributed by atoms with van der Waals surface area (Å²) in [5.41, 5.74) is 0.990. The second-order valence-corrected chi connectivity index (χ2v) is 8.09. The molecule has 0 aromatic carbocycles. The minimum atomic E-state index is 0.136. The van der Waals surface area contributed by atoms with Gasteiger partial charge in [0.2, 0.25) is 0 Å². The van der Waals surface area contributed by atoms with Crippen LogP contribution in [-0.2, 0) is 0 Å². The number of rotatable bonds is 5. The predicted molar refractivity (Wildman–Crippen MR) is 101 cm³/mol. The van der Waals surface area contributed by atoms with Crippen LogP contribution in [0.2, 0.25) is 0 Å². The van der Waals surface area contributed by atoms with Crippen molar-refractivity contribution in [2.75, 3.05) is 39.0 Å². The minimum Gasteiger partial charge on any atom is -0.368 e. The SMILES string of the molecule is Cc1c(C(=O)N2C[C@@H]3C=C[C@H]2C3)sc2ncnc(NCCN(C)C)c12. The van der Waals surface area contributed by atoms with Gasteiger partial charge in [0.05, 0.1) is 16.3 Å². The number of likely N-dealkylation sites (tertiary alicyclic amines) is 1. The van der Waals surface area contributed by atoms with Crippen LogP contribution in [0.25, 0.3) is 10.2 Å². The van der Waals surface area contributed by atoms with Crippen LogP contribution in [0.3, 0.4) is 0 Å². The molecule has 6 nitrogen and oxygen atoms in total. The molecule has 1 aliphatic heterocycles. The summed E-state index contributed by atoms with van der Waals surface area (Å²) in [6.07, 6.45) is 7.06. The number of thiophene rings is 1. The first-order chi connectivity index (χ1) is 12.0. The van der Waals surface area contributed by atoms with Crippen LogP contribution < -0.4 is 5.32 Å². The molecular weight excluding hydrogens is 334 g/mol. The van der Waals surface area contributed by atoms with E-state index in [0.29, 0.717) is 5.92 Å². The van der Waals surface area contributed by atoms with E-state index in [4.69, 9.17) is 0 Å². The Bertz CT molecular complexity index is 843. The standard InChI is InChI=1S/C18H23N5OS/c1-11-14-16(19-6-7-22(2)3)20-10-21-17(14)25-15(11)18(24)23-9-12-4-5-13(23)8-12/h4-5,10,12-13H,6-9H2,1-3H3,(H,19,20,21)/t12-,13+/m1/s1. The van der Waals surface area contributed by atoms with Gasteiger partial charge in [0, 0.05) is 19.6 Å². The van der Waals surface area contributed by atoms with Crippen LogP contribution in [-0.4, -0.2) is 65.4 Å². The number of carbonyl (C=O) groups is 1. The van der Waals surface area contributed by atoms with Gasteiger partial charge in [-0.25, -0.2) is 9.97 Å². The van der Waals surface area contributed by atoms with Crippen LogP contribution in [0.5, 0.6) is 0 Å². The fraction of sp³-hybridized carbons (Fsp3) is 0.500. The minimum absolute atomic E-state index is 0.136. The molecule has 0 spiro atoms. The summed E-state index contributed by atoms with van der Waals surface area (Å²) in [6.45, 7) is 4.58. The number of fused-ring (bicyclic) bond motifs is 3. The van der Waals surface area contributed by atoms with Crippen LogP contribution in [0.1, 0.15) is 21.7 Å². The number of carbonyl (C=O) groups excluding carboxylic acids is 1. The molecule has 1 saturated heterocycles. The number of hydrogen-bond donors (Lipinski definition) is 1. The first kappa shape index (κ1) is 16.5. The van der Waals surface area contributed by atoms with Crippen molar-refractivity contribution in [2.45, 2.75) is 19.4 Å².